The highest BCUT2D eigenvalue weighted by molar-refractivity contribution is 5.86. The molecule has 0 aliphatic heterocycles. The van der Waals surface area contributed by atoms with E-state index in [0.717, 1.165) is 24.1 Å². The summed E-state index contributed by atoms with van der Waals surface area (Å²) >= 11 is 0. The molecule has 2 rings (SSSR count). The molecule has 0 saturated heterocycles. The molecule has 0 unspecified atom stereocenters. The van der Waals surface area contributed by atoms with Crippen molar-refractivity contribution in [1.29, 1.82) is 0 Å². The third kappa shape index (κ3) is 3.43. The normalized spacial score (nSPS) is 22.0. The lowest BCUT2D eigenvalue weighted by molar-refractivity contribution is -0.165. The van der Waals surface area contributed by atoms with Crippen LogP contribution in [0.2, 0.25) is 0 Å². The number of methoxy groups -OCH3 is 1. The molecule has 0 spiro atoms. The van der Waals surface area contributed by atoms with Crippen molar-refractivity contribution in [1.82, 2.24) is 4.98 Å². The zero-order valence-corrected chi connectivity index (χ0v) is 13.3. The molecular formula is C16H21FN2O3. The van der Waals surface area contributed by atoms with Crippen molar-refractivity contribution >= 4 is 11.7 Å². The van der Waals surface area contributed by atoms with Crippen molar-refractivity contribution in [2.45, 2.75) is 45.1 Å². The van der Waals surface area contributed by atoms with Crippen LogP contribution in [0, 0.1) is 11.9 Å². The van der Waals surface area contributed by atoms with Gasteiger partial charge in [0.1, 0.15) is 0 Å². The van der Waals surface area contributed by atoms with Crippen LogP contribution in [-0.2, 0) is 14.4 Å². The van der Waals surface area contributed by atoms with E-state index in [0.29, 0.717) is 0 Å². The van der Waals surface area contributed by atoms with Crippen LogP contribution < -0.4 is 0 Å². The first kappa shape index (κ1) is 16.4. The molecule has 0 aromatic carbocycles. The summed E-state index contributed by atoms with van der Waals surface area (Å²) in [7, 11) is 1.31. The summed E-state index contributed by atoms with van der Waals surface area (Å²) in [6.45, 7) is 5.09. The summed E-state index contributed by atoms with van der Waals surface area (Å²) in [6, 6.07) is 3.12. The molecule has 5 nitrogen and oxygen atoms in total. The summed E-state index contributed by atoms with van der Waals surface area (Å²) < 4.78 is 17.6. The van der Waals surface area contributed by atoms with E-state index in [1.165, 1.54) is 13.2 Å². The van der Waals surface area contributed by atoms with Crippen molar-refractivity contribution in [3.8, 4) is 0 Å². The standard InChI is InChI=1S/C16H21FN2O3/c1-10(19-22-16(2,3)15(20)21-4)12-6-7-13(12)11-5-8-14(17)18-9-11/h5,8-9,12-13H,6-7H2,1-4H3/t12-,13+/m0/s1. The molecule has 1 aromatic heterocycles. The predicted molar refractivity (Wildman–Crippen MR) is 79.9 cm³/mol. The first-order valence-electron chi connectivity index (χ1n) is 7.27. The molecule has 0 bridgehead atoms. The second-order valence-corrected chi connectivity index (χ2v) is 6.03. The van der Waals surface area contributed by atoms with Gasteiger partial charge in [-0.1, -0.05) is 11.2 Å². The maximum Gasteiger partial charge on any atom is 0.352 e. The molecule has 1 aliphatic carbocycles. The second-order valence-electron chi connectivity index (χ2n) is 6.03. The minimum absolute atomic E-state index is 0.223. The fraction of sp³-hybridized carbons (Fsp3) is 0.562. The van der Waals surface area contributed by atoms with E-state index in [1.54, 1.807) is 26.1 Å². The van der Waals surface area contributed by atoms with Crippen LogP contribution in [0.4, 0.5) is 4.39 Å². The van der Waals surface area contributed by atoms with Crippen molar-refractivity contribution < 1.29 is 18.8 Å². The highest BCUT2D eigenvalue weighted by atomic mass is 19.1. The minimum Gasteiger partial charge on any atom is -0.466 e. The number of oxime groups is 1. The maximum atomic E-state index is 12.9. The number of carbonyl (C=O) groups is 1. The number of nitrogens with zero attached hydrogens (tertiary/aromatic N) is 2. The lowest BCUT2D eigenvalue weighted by Gasteiger charge is -2.36. The Morgan fingerprint density at radius 1 is 1.41 bits per heavy atom. The van der Waals surface area contributed by atoms with Crippen molar-refractivity contribution in [3.63, 3.8) is 0 Å². The van der Waals surface area contributed by atoms with Gasteiger partial charge in [0.25, 0.3) is 0 Å². The number of esters is 1. The van der Waals surface area contributed by atoms with Gasteiger partial charge in [-0.3, -0.25) is 0 Å². The Balaban J connectivity index is 2.03. The number of rotatable bonds is 5. The molecule has 1 aromatic rings. The Labute approximate surface area is 129 Å². The Bertz CT molecular complexity index is 569. The molecule has 0 amide bonds. The van der Waals surface area contributed by atoms with Crippen LogP contribution >= 0.6 is 0 Å². The largest absolute Gasteiger partial charge is 0.466 e. The van der Waals surface area contributed by atoms with Crippen LogP contribution in [0.1, 0.15) is 45.1 Å². The third-order valence-electron chi connectivity index (χ3n) is 4.08. The molecular weight excluding hydrogens is 287 g/mol. The van der Waals surface area contributed by atoms with E-state index < -0.39 is 17.5 Å². The van der Waals surface area contributed by atoms with Gasteiger partial charge in [0.05, 0.1) is 12.8 Å². The van der Waals surface area contributed by atoms with Gasteiger partial charge >= 0.3 is 5.97 Å². The Kier molecular flexibility index (Phi) is 4.78. The molecule has 0 radical (unpaired) electrons. The Morgan fingerprint density at radius 2 is 2.14 bits per heavy atom. The zero-order valence-electron chi connectivity index (χ0n) is 13.3. The summed E-state index contributed by atoms with van der Waals surface area (Å²) in [5.74, 6) is -0.465. The van der Waals surface area contributed by atoms with Crippen molar-refractivity contribution in [3.05, 3.63) is 29.8 Å². The Morgan fingerprint density at radius 3 is 2.64 bits per heavy atom. The predicted octanol–water partition coefficient (Wildman–Crippen LogP) is 3.06. The first-order valence-corrected chi connectivity index (χ1v) is 7.27. The summed E-state index contributed by atoms with van der Waals surface area (Å²) in [6.07, 6.45) is 3.56. The van der Waals surface area contributed by atoms with Gasteiger partial charge in [-0.15, -0.1) is 0 Å². The first-order chi connectivity index (χ1) is 10.3. The van der Waals surface area contributed by atoms with E-state index >= 15 is 0 Å². The van der Waals surface area contributed by atoms with E-state index in [-0.39, 0.29) is 11.8 Å². The molecule has 2 atom stereocenters. The maximum absolute atomic E-state index is 12.9. The third-order valence-corrected chi connectivity index (χ3v) is 4.08. The van der Waals surface area contributed by atoms with E-state index in [1.807, 2.05) is 6.92 Å². The molecule has 1 saturated carbocycles. The molecule has 0 N–H and O–H groups in total. The number of ether oxygens (including phenoxy) is 1. The molecule has 1 aliphatic rings. The number of aromatic nitrogens is 1. The van der Waals surface area contributed by atoms with Crippen LogP contribution in [0.15, 0.2) is 23.5 Å². The number of carbonyl (C=O) groups excluding carboxylic acids is 1. The zero-order chi connectivity index (χ0) is 16.3. The highest BCUT2D eigenvalue weighted by Gasteiger charge is 2.36. The van der Waals surface area contributed by atoms with Gasteiger partial charge in [-0.2, -0.15) is 4.39 Å². The van der Waals surface area contributed by atoms with E-state index in [2.05, 4.69) is 14.9 Å². The number of hydrogen-bond acceptors (Lipinski definition) is 5. The summed E-state index contributed by atoms with van der Waals surface area (Å²) in [5.41, 5.74) is 0.698. The van der Waals surface area contributed by atoms with Gasteiger partial charge < -0.3 is 9.57 Å². The van der Waals surface area contributed by atoms with Crippen LogP contribution in [0.25, 0.3) is 0 Å². The van der Waals surface area contributed by atoms with Gasteiger partial charge in [0.15, 0.2) is 0 Å². The lowest BCUT2D eigenvalue weighted by Crippen LogP contribution is -2.36. The molecule has 6 heteroatoms. The van der Waals surface area contributed by atoms with Gasteiger partial charge in [-0.25, -0.2) is 9.78 Å². The van der Waals surface area contributed by atoms with Gasteiger partial charge in [0.2, 0.25) is 11.5 Å². The van der Waals surface area contributed by atoms with Gasteiger partial charge in [0, 0.05) is 12.1 Å². The average Bonchev–Trinajstić information content (AvgIpc) is 2.45. The summed E-state index contributed by atoms with van der Waals surface area (Å²) in [4.78, 5) is 20.6. The van der Waals surface area contributed by atoms with Gasteiger partial charge in [-0.05, 0) is 51.2 Å². The highest BCUT2D eigenvalue weighted by Crippen LogP contribution is 2.43. The molecule has 22 heavy (non-hydrogen) atoms. The van der Waals surface area contributed by atoms with Crippen molar-refractivity contribution in [2.24, 2.45) is 11.1 Å². The smallest absolute Gasteiger partial charge is 0.352 e. The van der Waals surface area contributed by atoms with E-state index in [4.69, 9.17) is 4.84 Å². The summed E-state index contributed by atoms with van der Waals surface area (Å²) in [5, 5.41) is 4.10. The lowest BCUT2D eigenvalue weighted by atomic mass is 9.68. The minimum atomic E-state index is -1.12. The number of pyridine rings is 1. The Hall–Kier alpha value is -1.98. The fourth-order valence-corrected chi connectivity index (χ4v) is 2.54. The molecule has 1 fully saturated rings. The number of hydrogen-bond donors (Lipinski definition) is 0. The monoisotopic (exact) mass is 308 g/mol. The quantitative estimate of drug-likeness (QED) is 0.363. The SMILES string of the molecule is COC(=O)C(C)(C)ON=C(C)[C@@H]1CC[C@@H]1c1ccc(F)nc1. The molecule has 120 valence electrons. The van der Waals surface area contributed by atoms with Crippen molar-refractivity contribution in [2.75, 3.05) is 7.11 Å². The van der Waals surface area contributed by atoms with Crippen LogP contribution in [0.3, 0.4) is 0 Å². The van der Waals surface area contributed by atoms with Crippen LogP contribution in [-0.4, -0.2) is 29.4 Å². The van der Waals surface area contributed by atoms with Crippen LogP contribution in [0.5, 0.6) is 0 Å². The number of halogens is 1. The second kappa shape index (κ2) is 6.42. The molecule has 1 heterocycles. The fourth-order valence-electron chi connectivity index (χ4n) is 2.54. The topological polar surface area (TPSA) is 60.8 Å². The average molecular weight is 308 g/mol. The van der Waals surface area contributed by atoms with E-state index in [9.17, 15) is 9.18 Å².